The van der Waals surface area contributed by atoms with Crippen LogP contribution in [0.5, 0.6) is 0 Å². The molecule has 21 heavy (non-hydrogen) atoms. The van der Waals surface area contributed by atoms with Crippen LogP contribution in [0.15, 0.2) is 30.3 Å². The molecule has 5 heteroatoms. The van der Waals surface area contributed by atoms with E-state index in [0.717, 1.165) is 25.1 Å². The van der Waals surface area contributed by atoms with Crippen molar-refractivity contribution in [2.75, 3.05) is 26.2 Å². The third kappa shape index (κ3) is 3.57. The zero-order valence-electron chi connectivity index (χ0n) is 12.3. The van der Waals surface area contributed by atoms with Crippen LogP contribution in [0.4, 0.5) is 0 Å². The minimum Gasteiger partial charge on any atom is -0.370 e. The van der Waals surface area contributed by atoms with Crippen molar-refractivity contribution >= 4 is 18.3 Å². The second kappa shape index (κ2) is 7.25. The minimum absolute atomic E-state index is 0. The fraction of sp³-hybridized carbons (Fsp3) is 0.562. The van der Waals surface area contributed by atoms with Crippen molar-refractivity contribution in [1.82, 2.24) is 10.2 Å². The number of morpholine rings is 1. The summed E-state index contributed by atoms with van der Waals surface area (Å²) in [7, 11) is 0. The third-order valence-electron chi connectivity index (χ3n) is 4.30. The Kier molecular flexibility index (Phi) is 5.62. The van der Waals surface area contributed by atoms with E-state index in [1.165, 1.54) is 0 Å². The van der Waals surface area contributed by atoms with Crippen LogP contribution in [0, 0.1) is 5.92 Å². The van der Waals surface area contributed by atoms with Gasteiger partial charge in [0.2, 0.25) is 5.91 Å². The second-order valence-corrected chi connectivity index (χ2v) is 5.76. The van der Waals surface area contributed by atoms with E-state index in [1.807, 2.05) is 23.1 Å². The van der Waals surface area contributed by atoms with Crippen LogP contribution in [0.1, 0.15) is 25.0 Å². The van der Waals surface area contributed by atoms with Gasteiger partial charge >= 0.3 is 0 Å². The first-order chi connectivity index (χ1) is 9.75. The number of ether oxygens (including phenoxy) is 1. The van der Waals surface area contributed by atoms with Gasteiger partial charge in [-0.2, -0.15) is 0 Å². The van der Waals surface area contributed by atoms with Crippen molar-refractivity contribution in [3.05, 3.63) is 35.9 Å². The van der Waals surface area contributed by atoms with Gasteiger partial charge in [-0.3, -0.25) is 4.79 Å². The molecule has 0 bridgehead atoms. The maximum Gasteiger partial charge on any atom is 0.227 e. The van der Waals surface area contributed by atoms with Crippen molar-refractivity contribution < 1.29 is 9.53 Å². The summed E-state index contributed by atoms with van der Waals surface area (Å²) in [6, 6.07) is 10.3. The zero-order chi connectivity index (χ0) is 13.9. The fourth-order valence-electron chi connectivity index (χ4n) is 3.03. The highest BCUT2D eigenvalue weighted by atomic mass is 35.5. The summed E-state index contributed by atoms with van der Waals surface area (Å²) in [6.07, 6.45) is 0.963. The highest BCUT2D eigenvalue weighted by Gasteiger charge is 2.34. The maximum atomic E-state index is 12.6. The summed E-state index contributed by atoms with van der Waals surface area (Å²) >= 11 is 0. The van der Waals surface area contributed by atoms with Gasteiger partial charge in [-0.1, -0.05) is 30.3 Å². The summed E-state index contributed by atoms with van der Waals surface area (Å²) in [5, 5.41) is 3.27. The molecule has 3 unspecified atom stereocenters. The zero-order valence-corrected chi connectivity index (χ0v) is 13.1. The molecule has 1 aromatic rings. The van der Waals surface area contributed by atoms with Gasteiger partial charge in [-0.25, -0.2) is 0 Å². The summed E-state index contributed by atoms with van der Waals surface area (Å²) < 4.78 is 5.91. The SMILES string of the molecule is CC1COC(c2ccccc2)CN1C(=O)C1CCNC1.Cl. The molecule has 1 aromatic carbocycles. The fourth-order valence-corrected chi connectivity index (χ4v) is 3.03. The van der Waals surface area contributed by atoms with Crippen LogP contribution in [0.2, 0.25) is 0 Å². The molecule has 2 saturated heterocycles. The molecular formula is C16H23ClN2O2. The first-order valence-electron chi connectivity index (χ1n) is 7.43. The Hall–Kier alpha value is -1.10. The van der Waals surface area contributed by atoms with Crippen molar-refractivity contribution in [3.63, 3.8) is 0 Å². The van der Waals surface area contributed by atoms with Gasteiger partial charge in [0, 0.05) is 6.54 Å². The van der Waals surface area contributed by atoms with E-state index in [4.69, 9.17) is 4.74 Å². The molecule has 4 nitrogen and oxygen atoms in total. The smallest absolute Gasteiger partial charge is 0.227 e. The molecule has 3 atom stereocenters. The van der Waals surface area contributed by atoms with Gasteiger partial charge in [0.05, 0.1) is 25.1 Å². The van der Waals surface area contributed by atoms with Crippen LogP contribution >= 0.6 is 12.4 Å². The minimum atomic E-state index is 0. The number of hydrogen-bond donors (Lipinski definition) is 1. The highest BCUT2D eigenvalue weighted by molar-refractivity contribution is 5.85. The van der Waals surface area contributed by atoms with Gasteiger partial charge in [-0.15, -0.1) is 12.4 Å². The van der Waals surface area contributed by atoms with E-state index in [-0.39, 0.29) is 36.4 Å². The van der Waals surface area contributed by atoms with E-state index >= 15 is 0 Å². The maximum absolute atomic E-state index is 12.6. The normalized spacial score (nSPS) is 29.0. The summed E-state index contributed by atoms with van der Waals surface area (Å²) in [5.41, 5.74) is 1.15. The average molecular weight is 311 g/mol. The second-order valence-electron chi connectivity index (χ2n) is 5.76. The molecule has 2 aliphatic rings. The quantitative estimate of drug-likeness (QED) is 0.908. The molecule has 0 radical (unpaired) electrons. The van der Waals surface area contributed by atoms with Crippen molar-refractivity contribution in [2.24, 2.45) is 5.92 Å². The van der Waals surface area contributed by atoms with Crippen molar-refractivity contribution in [3.8, 4) is 0 Å². The Morgan fingerprint density at radius 1 is 1.33 bits per heavy atom. The molecular weight excluding hydrogens is 288 g/mol. The van der Waals surface area contributed by atoms with E-state index in [9.17, 15) is 4.79 Å². The predicted octanol–water partition coefficient (Wildman–Crippen LogP) is 2.01. The number of rotatable bonds is 2. The van der Waals surface area contributed by atoms with Gasteiger partial charge in [0.15, 0.2) is 0 Å². The lowest BCUT2D eigenvalue weighted by Crippen LogP contribution is -2.50. The number of amides is 1. The number of carbonyl (C=O) groups is 1. The van der Waals surface area contributed by atoms with Crippen LogP contribution in [0.3, 0.4) is 0 Å². The molecule has 116 valence electrons. The van der Waals surface area contributed by atoms with E-state index < -0.39 is 0 Å². The molecule has 0 aromatic heterocycles. The summed E-state index contributed by atoms with van der Waals surface area (Å²) in [5.74, 6) is 0.429. The molecule has 0 saturated carbocycles. The number of benzene rings is 1. The van der Waals surface area contributed by atoms with Crippen LogP contribution < -0.4 is 5.32 Å². The molecule has 1 N–H and O–H groups in total. The number of hydrogen-bond acceptors (Lipinski definition) is 3. The molecule has 0 aliphatic carbocycles. The lowest BCUT2D eigenvalue weighted by molar-refractivity contribution is -0.148. The van der Waals surface area contributed by atoms with Gasteiger partial charge in [0.1, 0.15) is 6.10 Å². The van der Waals surface area contributed by atoms with E-state index in [1.54, 1.807) is 0 Å². The largest absolute Gasteiger partial charge is 0.370 e. The van der Waals surface area contributed by atoms with Crippen molar-refractivity contribution in [2.45, 2.75) is 25.5 Å². The predicted molar refractivity (Wildman–Crippen MR) is 84.5 cm³/mol. The molecule has 1 amide bonds. The molecule has 2 fully saturated rings. The Morgan fingerprint density at radius 3 is 2.76 bits per heavy atom. The van der Waals surface area contributed by atoms with Gasteiger partial charge < -0.3 is 15.0 Å². The number of halogens is 1. The summed E-state index contributed by atoms with van der Waals surface area (Å²) in [6.45, 7) is 5.13. The van der Waals surface area contributed by atoms with Crippen LogP contribution in [0.25, 0.3) is 0 Å². The highest BCUT2D eigenvalue weighted by Crippen LogP contribution is 2.26. The van der Waals surface area contributed by atoms with E-state index in [2.05, 4.69) is 24.4 Å². The Bertz CT molecular complexity index is 463. The Morgan fingerprint density at radius 2 is 2.10 bits per heavy atom. The number of carbonyl (C=O) groups excluding carboxylic acids is 1. The molecule has 0 spiro atoms. The monoisotopic (exact) mass is 310 g/mol. The molecule has 3 rings (SSSR count). The van der Waals surface area contributed by atoms with Crippen LogP contribution in [-0.2, 0) is 9.53 Å². The lowest BCUT2D eigenvalue weighted by atomic mass is 10.0. The Balaban J connectivity index is 0.00000161. The van der Waals surface area contributed by atoms with E-state index in [0.29, 0.717) is 13.2 Å². The number of nitrogens with one attached hydrogen (secondary N) is 1. The van der Waals surface area contributed by atoms with Crippen LogP contribution in [-0.4, -0.2) is 43.1 Å². The topological polar surface area (TPSA) is 41.6 Å². The van der Waals surface area contributed by atoms with Gasteiger partial charge in [-0.05, 0) is 25.5 Å². The number of nitrogens with zero attached hydrogens (tertiary/aromatic N) is 1. The van der Waals surface area contributed by atoms with Crippen molar-refractivity contribution in [1.29, 1.82) is 0 Å². The van der Waals surface area contributed by atoms with Gasteiger partial charge in [0.25, 0.3) is 0 Å². The molecule has 2 aliphatic heterocycles. The Labute approximate surface area is 132 Å². The first kappa shape index (κ1) is 16.3. The standard InChI is InChI=1S/C16H22N2O2.ClH/c1-12-11-20-15(13-5-3-2-4-6-13)10-18(12)16(19)14-7-8-17-9-14;/h2-6,12,14-15,17H,7-11H2,1H3;1H. The third-order valence-corrected chi connectivity index (χ3v) is 4.30. The summed E-state index contributed by atoms with van der Waals surface area (Å²) in [4.78, 5) is 14.6. The average Bonchev–Trinajstić information content (AvgIpc) is 3.02. The first-order valence-corrected chi connectivity index (χ1v) is 7.43. The lowest BCUT2D eigenvalue weighted by Gasteiger charge is -2.39. The molecule has 2 heterocycles.